The van der Waals surface area contributed by atoms with Crippen LogP contribution in [0.5, 0.6) is 0 Å². The minimum atomic E-state index is -0.103. The van der Waals surface area contributed by atoms with Crippen molar-refractivity contribution in [2.75, 3.05) is 31.1 Å². The third-order valence-electron chi connectivity index (χ3n) is 3.47. The Morgan fingerprint density at radius 2 is 2.35 bits per heavy atom. The van der Waals surface area contributed by atoms with Gasteiger partial charge in [0.25, 0.3) is 0 Å². The fraction of sp³-hybridized carbons (Fsp3) is 0.400. The number of hydrogen-bond donors (Lipinski definition) is 1. The van der Waals surface area contributed by atoms with Gasteiger partial charge in [-0.25, -0.2) is 0 Å². The van der Waals surface area contributed by atoms with Gasteiger partial charge in [-0.05, 0) is 18.2 Å². The molecule has 2 aromatic rings. The zero-order valence-corrected chi connectivity index (χ0v) is 13.4. The highest BCUT2D eigenvalue weighted by atomic mass is 35.5. The highest BCUT2D eigenvalue weighted by Gasteiger charge is 2.24. The minimum Gasteiger partial charge on any atom is -0.403 e. The van der Waals surface area contributed by atoms with Crippen molar-refractivity contribution in [1.82, 2.24) is 15.5 Å². The molecule has 1 aromatic carbocycles. The van der Waals surface area contributed by atoms with Gasteiger partial charge in [0.1, 0.15) is 0 Å². The minimum absolute atomic E-state index is 0.0771. The first kappa shape index (κ1) is 15.8. The second kappa shape index (κ2) is 6.97. The lowest BCUT2D eigenvalue weighted by molar-refractivity contribution is -0.119. The lowest BCUT2D eigenvalue weighted by Crippen LogP contribution is -2.47. The van der Waals surface area contributed by atoms with Crippen LogP contribution in [0.25, 0.3) is 11.5 Å². The molecule has 1 saturated heterocycles. The van der Waals surface area contributed by atoms with Crippen molar-refractivity contribution in [3.05, 3.63) is 29.3 Å². The number of carbonyl (C=O) groups is 1. The molecular weight excluding hydrogens is 320 g/mol. The quantitative estimate of drug-likeness (QED) is 0.916. The fourth-order valence-electron chi connectivity index (χ4n) is 2.36. The molecule has 1 unspecified atom stereocenters. The summed E-state index contributed by atoms with van der Waals surface area (Å²) in [6.07, 6.45) is -0.103. The maximum Gasteiger partial charge on any atom is 0.318 e. The van der Waals surface area contributed by atoms with Gasteiger partial charge in [0.15, 0.2) is 0 Å². The molecule has 0 aliphatic carbocycles. The number of ether oxygens (including phenoxy) is 1. The van der Waals surface area contributed by atoms with Gasteiger partial charge in [0.2, 0.25) is 11.8 Å². The van der Waals surface area contributed by atoms with Gasteiger partial charge in [-0.15, -0.1) is 5.10 Å². The number of morpholine rings is 1. The van der Waals surface area contributed by atoms with Crippen molar-refractivity contribution >= 4 is 23.5 Å². The normalized spacial score (nSPS) is 18.0. The van der Waals surface area contributed by atoms with Crippen LogP contribution in [-0.4, -0.2) is 48.4 Å². The summed E-state index contributed by atoms with van der Waals surface area (Å²) in [4.78, 5) is 12.9. The van der Waals surface area contributed by atoms with E-state index in [0.29, 0.717) is 43.2 Å². The summed E-state index contributed by atoms with van der Waals surface area (Å²) in [7, 11) is 0. The molecule has 1 aromatic heterocycles. The molecule has 0 spiro atoms. The molecule has 1 fully saturated rings. The van der Waals surface area contributed by atoms with Gasteiger partial charge in [-0.1, -0.05) is 22.8 Å². The van der Waals surface area contributed by atoms with Crippen LogP contribution in [0.2, 0.25) is 5.02 Å². The number of carbonyl (C=O) groups excluding carboxylic acids is 1. The Hall–Kier alpha value is -2.12. The second-order valence-electron chi connectivity index (χ2n) is 5.28. The van der Waals surface area contributed by atoms with Crippen LogP contribution >= 0.6 is 11.6 Å². The number of anilines is 1. The van der Waals surface area contributed by atoms with Gasteiger partial charge in [0.05, 0.1) is 19.3 Å². The zero-order chi connectivity index (χ0) is 16.2. The Morgan fingerprint density at radius 3 is 3.13 bits per heavy atom. The molecule has 1 atom stereocenters. The average Bonchev–Trinajstić information content (AvgIpc) is 3.03. The van der Waals surface area contributed by atoms with E-state index in [1.54, 1.807) is 12.1 Å². The molecule has 3 rings (SSSR count). The molecule has 1 amide bonds. The largest absolute Gasteiger partial charge is 0.403 e. The van der Waals surface area contributed by atoms with E-state index in [9.17, 15) is 4.79 Å². The van der Waals surface area contributed by atoms with Gasteiger partial charge in [-0.2, -0.15) is 0 Å². The van der Waals surface area contributed by atoms with E-state index in [4.69, 9.17) is 20.8 Å². The maximum absolute atomic E-state index is 11.0. The van der Waals surface area contributed by atoms with Crippen LogP contribution in [0.1, 0.15) is 6.92 Å². The molecule has 2 heterocycles. The standard InChI is InChI=1S/C15H17ClN4O3/c1-10(21)17-8-13-9-20(5-6-22-13)15-19-18-14(23-15)11-3-2-4-12(16)7-11/h2-4,7,13H,5-6,8-9H2,1H3,(H,17,21). The van der Waals surface area contributed by atoms with E-state index in [-0.39, 0.29) is 12.0 Å². The Kier molecular flexibility index (Phi) is 4.78. The predicted octanol–water partition coefficient (Wildman–Crippen LogP) is 1.73. The summed E-state index contributed by atoms with van der Waals surface area (Å²) in [6.45, 7) is 3.72. The predicted molar refractivity (Wildman–Crippen MR) is 85.4 cm³/mol. The Labute approximate surface area is 138 Å². The first-order valence-corrected chi connectivity index (χ1v) is 7.70. The number of rotatable bonds is 4. The van der Waals surface area contributed by atoms with Crippen LogP contribution in [0.4, 0.5) is 6.01 Å². The van der Waals surface area contributed by atoms with E-state index < -0.39 is 0 Å². The molecular formula is C15H17ClN4O3. The molecule has 23 heavy (non-hydrogen) atoms. The van der Waals surface area contributed by atoms with Crippen LogP contribution in [0.15, 0.2) is 28.7 Å². The summed E-state index contributed by atoms with van der Waals surface area (Å²) >= 11 is 5.98. The highest BCUT2D eigenvalue weighted by molar-refractivity contribution is 6.30. The molecule has 1 N–H and O–H groups in total. The number of aromatic nitrogens is 2. The van der Waals surface area contributed by atoms with Crippen LogP contribution < -0.4 is 10.2 Å². The SMILES string of the molecule is CC(=O)NCC1CN(c2nnc(-c3cccc(Cl)c3)o2)CCO1. The fourth-order valence-corrected chi connectivity index (χ4v) is 2.55. The van der Waals surface area contributed by atoms with Crippen LogP contribution in [0, 0.1) is 0 Å². The number of nitrogens with one attached hydrogen (secondary N) is 1. The smallest absolute Gasteiger partial charge is 0.318 e. The molecule has 0 bridgehead atoms. The van der Waals surface area contributed by atoms with Crippen molar-refractivity contribution in [3.63, 3.8) is 0 Å². The number of amides is 1. The van der Waals surface area contributed by atoms with Gasteiger partial charge < -0.3 is 19.4 Å². The van der Waals surface area contributed by atoms with Gasteiger partial charge in [-0.3, -0.25) is 4.79 Å². The van der Waals surface area contributed by atoms with Crippen molar-refractivity contribution in [2.45, 2.75) is 13.0 Å². The summed E-state index contributed by atoms with van der Waals surface area (Å²) in [5.41, 5.74) is 0.777. The highest BCUT2D eigenvalue weighted by Crippen LogP contribution is 2.25. The number of hydrogen-bond acceptors (Lipinski definition) is 6. The molecule has 8 heteroatoms. The van der Waals surface area contributed by atoms with Crippen molar-refractivity contribution in [3.8, 4) is 11.5 Å². The van der Waals surface area contributed by atoms with Crippen molar-refractivity contribution in [2.24, 2.45) is 0 Å². The van der Waals surface area contributed by atoms with Gasteiger partial charge >= 0.3 is 6.01 Å². The topological polar surface area (TPSA) is 80.5 Å². The van der Waals surface area contributed by atoms with E-state index in [1.807, 2.05) is 17.0 Å². The van der Waals surface area contributed by atoms with E-state index >= 15 is 0 Å². The van der Waals surface area contributed by atoms with E-state index in [0.717, 1.165) is 5.56 Å². The third-order valence-corrected chi connectivity index (χ3v) is 3.71. The molecule has 122 valence electrons. The van der Waals surface area contributed by atoms with Crippen LogP contribution in [0.3, 0.4) is 0 Å². The lowest BCUT2D eigenvalue weighted by atomic mass is 10.2. The third kappa shape index (κ3) is 4.00. The molecule has 1 aliphatic rings. The summed E-state index contributed by atoms with van der Waals surface area (Å²) in [6, 6.07) is 7.70. The van der Waals surface area contributed by atoms with Gasteiger partial charge in [0, 0.05) is 30.6 Å². The molecule has 1 aliphatic heterocycles. The number of halogens is 1. The number of benzene rings is 1. The molecule has 0 radical (unpaired) electrons. The Bertz CT molecular complexity index is 691. The van der Waals surface area contributed by atoms with Crippen molar-refractivity contribution < 1.29 is 13.9 Å². The van der Waals surface area contributed by atoms with E-state index in [1.165, 1.54) is 6.92 Å². The first-order chi connectivity index (χ1) is 11.1. The lowest BCUT2D eigenvalue weighted by Gasteiger charge is -2.31. The van der Waals surface area contributed by atoms with Crippen LogP contribution in [-0.2, 0) is 9.53 Å². The summed E-state index contributed by atoms with van der Waals surface area (Å²) in [5.74, 6) is 0.346. The molecule has 7 nitrogen and oxygen atoms in total. The maximum atomic E-state index is 11.0. The van der Waals surface area contributed by atoms with Crippen molar-refractivity contribution in [1.29, 1.82) is 0 Å². The zero-order valence-electron chi connectivity index (χ0n) is 12.7. The molecule has 0 saturated carbocycles. The Balaban J connectivity index is 1.68. The Morgan fingerprint density at radius 1 is 1.48 bits per heavy atom. The summed E-state index contributed by atoms with van der Waals surface area (Å²) < 4.78 is 11.4. The summed E-state index contributed by atoms with van der Waals surface area (Å²) in [5, 5.41) is 11.5. The first-order valence-electron chi connectivity index (χ1n) is 7.32. The average molecular weight is 337 g/mol. The number of nitrogens with zero attached hydrogens (tertiary/aromatic N) is 3. The second-order valence-corrected chi connectivity index (χ2v) is 5.71. The monoisotopic (exact) mass is 336 g/mol. The van der Waals surface area contributed by atoms with E-state index in [2.05, 4.69) is 15.5 Å².